The Kier molecular flexibility index (Phi) is 3.26. The van der Waals surface area contributed by atoms with Crippen molar-refractivity contribution >= 4 is 11.9 Å². The lowest BCUT2D eigenvalue weighted by Crippen LogP contribution is -2.49. The molecule has 0 aromatic carbocycles. The second-order valence-electron chi connectivity index (χ2n) is 5.39. The number of amides is 1. The standard InChI is InChI=1S/C14H17N5O/c1-10-8-12(9-15)17-14(16-10)19-6-4-18(5-7-19)13(20)11-2-3-11/h8,11H,2-7H2,1H3. The molecule has 0 spiro atoms. The van der Waals surface area contributed by atoms with Gasteiger partial charge < -0.3 is 9.80 Å². The predicted molar refractivity (Wildman–Crippen MR) is 73.0 cm³/mol. The van der Waals surface area contributed by atoms with Gasteiger partial charge in [-0.3, -0.25) is 4.79 Å². The lowest BCUT2D eigenvalue weighted by atomic mass is 10.2. The van der Waals surface area contributed by atoms with Gasteiger partial charge in [0.05, 0.1) is 0 Å². The summed E-state index contributed by atoms with van der Waals surface area (Å²) in [5, 5.41) is 8.96. The van der Waals surface area contributed by atoms with E-state index in [0.29, 0.717) is 30.6 Å². The summed E-state index contributed by atoms with van der Waals surface area (Å²) in [6.07, 6.45) is 2.09. The van der Waals surface area contributed by atoms with Gasteiger partial charge in [-0.15, -0.1) is 0 Å². The maximum Gasteiger partial charge on any atom is 0.226 e. The average Bonchev–Trinajstić information content (AvgIpc) is 3.30. The molecule has 1 saturated heterocycles. The fraction of sp³-hybridized carbons (Fsp3) is 0.571. The number of hydrogen-bond acceptors (Lipinski definition) is 5. The van der Waals surface area contributed by atoms with E-state index in [4.69, 9.17) is 5.26 Å². The molecule has 104 valence electrons. The summed E-state index contributed by atoms with van der Waals surface area (Å²) in [4.78, 5) is 24.6. The van der Waals surface area contributed by atoms with Gasteiger partial charge >= 0.3 is 0 Å². The molecule has 1 amide bonds. The largest absolute Gasteiger partial charge is 0.339 e. The van der Waals surface area contributed by atoms with Crippen molar-refractivity contribution in [2.45, 2.75) is 19.8 Å². The number of nitriles is 1. The number of nitrogens with zero attached hydrogens (tertiary/aromatic N) is 5. The maximum absolute atomic E-state index is 12.0. The van der Waals surface area contributed by atoms with Crippen LogP contribution in [-0.2, 0) is 4.79 Å². The lowest BCUT2D eigenvalue weighted by molar-refractivity contribution is -0.132. The Hall–Kier alpha value is -2.16. The van der Waals surface area contributed by atoms with Crippen molar-refractivity contribution < 1.29 is 4.79 Å². The van der Waals surface area contributed by atoms with Gasteiger partial charge in [-0.2, -0.15) is 5.26 Å². The van der Waals surface area contributed by atoms with Gasteiger partial charge in [-0.1, -0.05) is 0 Å². The lowest BCUT2D eigenvalue weighted by Gasteiger charge is -2.35. The Morgan fingerprint density at radius 3 is 2.60 bits per heavy atom. The highest BCUT2D eigenvalue weighted by Gasteiger charge is 2.34. The minimum Gasteiger partial charge on any atom is -0.339 e. The molecule has 0 N–H and O–H groups in total. The summed E-state index contributed by atoms with van der Waals surface area (Å²) in [6, 6.07) is 3.73. The molecule has 1 aliphatic carbocycles. The molecule has 6 heteroatoms. The summed E-state index contributed by atoms with van der Waals surface area (Å²) in [6.45, 7) is 4.75. The van der Waals surface area contributed by atoms with Gasteiger partial charge in [0.25, 0.3) is 0 Å². The van der Waals surface area contributed by atoms with Crippen LogP contribution in [0.25, 0.3) is 0 Å². The zero-order chi connectivity index (χ0) is 14.1. The molecule has 0 radical (unpaired) electrons. The smallest absolute Gasteiger partial charge is 0.226 e. The first-order chi connectivity index (χ1) is 9.67. The number of piperazine rings is 1. The minimum atomic E-state index is 0.280. The van der Waals surface area contributed by atoms with Crippen molar-refractivity contribution in [1.82, 2.24) is 14.9 Å². The molecule has 2 fully saturated rings. The molecular formula is C14H17N5O. The van der Waals surface area contributed by atoms with Crippen LogP contribution in [-0.4, -0.2) is 47.0 Å². The second-order valence-corrected chi connectivity index (χ2v) is 5.39. The van der Waals surface area contributed by atoms with Crippen molar-refractivity contribution in [3.05, 3.63) is 17.5 Å². The first kappa shape index (κ1) is 12.9. The van der Waals surface area contributed by atoms with Gasteiger partial charge in [0, 0.05) is 37.8 Å². The Labute approximate surface area is 118 Å². The van der Waals surface area contributed by atoms with Crippen LogP contribution in [0.15, 0.2) is 6.07 Å². The molecule has 6 nitrogen and oxygen atoms in total. The van der Waals surface area contributed by atoms with Crippen LogP contribution in [0, 0.1) is 24.2 Å². The van der Waals surface area contributed by atoms with Crippen molar-refractivity contribution in [3.8, 4) is 6.07 Å². The predicted octanol–water partition coefficient (Wildman–Crippen LogP) is 0.715. The highest BCUT2D eigenvalue weighted by Crippen LogP contribution is 2.31. The Morgan fingerprint density at radius 1 is 1.30 bits per heavy atom. The van der Waals surface area contributed by atoms with Gasteiger partial charge in [-0.05, 0) is 25.8 Å². The topological polar surface area (TPSA) is 73.1 Å². The monoisotopic (exact) mass is 271 g/mol. The number of hydrogen-bond donors (Lipinski definition) is 0. The van der Waals surface area contributed by atoms with Crippen LogP contribution < -0.4 is 4.90 Å². The normalized spacial score (nSPS) is 18.8. The van der Waals surface area contributed by atoms with Crippen LogP contribution >= 0.6 is 0 Å². The number of anilines is 1. The molecule has 1 saturated carbocycles. The molecule has 0 atom stereocenters. The first-order valence-electron chi connectivity index (χ1n) is 6.97. The van der Waals surface area contributed by atoms with E-state index in [1.807, 2.05) is 16.7 Å². The molecule has 3 rings (SSSR count). The van der Waals surface area contributed by atoms with E-state index < -0.39 is 0 Å². The quantitative estimate of drug-likeness (QED) is 0.792. The number of aromatic nitrogens is 2. The van der Waals surface area contributed by atoms with Crippen LogP contribution in [0.5, 0.6) is 0 Å². The maximum atomic E-state index is 12.0. The number of rotatable bonds is 2. The average molecular weight is 271 g/mol. The molecule has 1 aromatic rings. The van der Waals surface area contributed by atoms with Crippen molar-refractivity contribution in [2.24, 2.45) is 5.92 Å². The van der Waals surface area contributed by atoms with E-state index in [1.54, 1.807) is 6.07 Å². The van der Waals surface area contributed by atoms with Crippen LogP contribution in [0.4, 0.5) is 5.95 Å². The Bertz CT molecular complexity index is 567. The van der Waals surface area contributed by atoms with Crippen molar-refractivity contribution in [3.63, 3.8) is 0 Å². The zero-order valence-electron chi connectivity index (χ0n) is 11.5. The second kappa shape index (κ2) is 5.08. The molecule has 0 bridgehead atoms. The first-order valence-corrected chi connectivity index (χ1v) is 6.97. The highest BCUT2D eigenvalue weighted by molar-refractivity contribution is 5.81. The van der Waals surface area contributed by atoms with Crippen LogP contribution in [0.1, 0.15) is 24.2 Å². The molecule has 1 aliphatic heterocycles. The minimum absolute atomic E-state index is 0.280. The van der Waals surface area contributed by atoms with Gasteiger partial charge in [0.2, 0.25) is 11.9 Å². The molecule has 2 aliphatic rings. The number of carbonyl (C=O) groups is 1. The van der Waals surface area contributed by atoms with Crippen molar-refractivity contribution in [2.75, 3.05) is 31.1 Å². The van der Waals surface area contributed by atoms with E-state index >= 15 is 0 Å². The summed E-state index contributed by atoms with van der Waals surface area (Å²) in [5.74, 6) is 1.18. The van der Waals surface area contributed by atoms with E-state index in [2.05, 4.69) is 16.0 Å². The van der Waals surface area contributed by atoms with Crippen LogP contribution in [0.3, 0.4) is 0 Å². The third-order valence-electron chi connectivity index (χ3n) is 3.76. The Morgan fingerprint density at radius 2 is 2.00 bits per heavy atom. The molecule has 20 heavy (non-hydrogen) atoms. The molecule has 2 heterocycles. The zero-order valence-corrected chi connectivity index (χ0v) is 11.5. The summed E-state index contributed by atoms with van der Waals surface area (Å²) < 4.78 is 0. The van der Waals surface area contributed by atoms with Gasteiger partial charge in [-0.25, -0.2) is 9.97 Å². The molecule has 0 unspecified atom stereocenters. The summed E-state index contributed by atoms with van der Waals surface area (Å²) in [5.41, 5.74) is 1.19. The number of carbonyl (C=O) groups excluding carboxylic acids is 1. The molecular weight excluding hydrogens is 254 g/mol. The summed E-state index contributed by atoms with van der Waals surface area (Å²) in [7, 11) is 0. The highest BCUT2D eigenvalue weighted by atomic mass is 16.2. The van der Waals surface area contributed by atoms with Crippen LogP contribution in [0.2, 0.25) is 0 Å². The fourth-order valence-electron chi connectivity index (χ4n) is 2.47. The number of aryl methyl sites for hydroxylation is 1. The SMILES string of the molecule is Cc1cc(C#N)nc(N2CCN(C(=O)C3CC3)CC2)n1. The van der Waals surface area contributed by atoms with Gasteiger partial charge in [0.1, 0.15) is 11.8 Å². The third-order valence-corrected chi connectivity index (χ3v) is 3.76. The van der Waals surface area contributed by atoms with Crippen molar-refractivity contribution in [1.29, 1.82) is 5.26 Å². The van der Waals surface area contributed by atoms with Gasteiger partial charge in [0.15, 0.2) is 0 Å². The van der Waals surface area contributed by atoms with E-state index in [-0.39, 0.29) is 5.92 Å². The Balaban J connectivity index is 1.67. The third kappa shape index (κ3) is 2.57. The van der Waals surface area contributed by atoms with E-state index in [1.165, 1.54) is 0 Å². The van der Waals surface area contributed by atoms with E-state index in [0.717, 1.165) is 31.6 Å². The summed E-state index contributed by atoms with van der Waals surface area (Å²) >= 11 is 0. The molecule has 1 aromatic heterocycles. The fourth-order valence-corrected chi connectivity index (χ4v) is 2.47. The van der Waals surface area contributed by atoms with E-state index in [9.17, 15) is 4.79 Å².